The normalized spacial score (nSPS) is 16.2. The van der Waals surface area contributed by atoms with Crippen LogP contribution in [0.1, 0.15) is 27.5 Å². The molecule has 1 aromatic heterocycles. The molecule has 2 heterocycles. The van der Waals surface area contributed by atoms with E-state index < -0.39 is 0 Å². The van der Waals surface area contributed by atoms with Gasteiger partial charge in [-0.05, 0) is 13.0 Å². The van der Waals surface area contributed by atoms with Gasteiger partial charge >= 0.3 is 0 Å². The van der Waals surface area contributed by atoms with Crippen molar-refractivity contribution in [2.24, 2.45) is 5.16 Å². The minimum absolute atomic E-state index is 0.112. The third-order valence-corrected chi connectivity index (χ3v) is 4.06. The largest absolute Gasteiger partial charge is 0.411 e. The standard InChI is InChI=1S/C14H13N3O2S/c1-9-15-12(8-20-9)14(18)17-7-6-11(16-19)10-4-2-3-5-13(10)17/h2-5,8,19H,6-7H2,1H3. The van der Waals surface area contributed by atoms with Gasteiger partial charge in [-0.15, -0.1) is 11.3 Å². The number of fused-ring (bicyclic) bond motifs is 1. The molecule has 1 amide bonds. The summed E-state index contributed by atoms with van der Waals surface area (Å²) in [5, 5.41) is 15.0. The quantitative estimate of drug-likeness (QED) is 0.648. The van der Waals surface area contributed by atoms with E-state index in [2.05, 4.69) is 10.1 Å². The monoisotopic (exact) mass is 287 g/mol. The van der Waals surface area contributed by atoms with E-state index in [9.17, 15) is 4.79 Å². The van der Waals surface area contributed by atoms with Gasteiger partial charge in [-0.2, -0.15) is 0 Å². The van der Waals surface area contributed by atoms with Crippen molar-refractivity contribution >= 4 is 28.6 Å². The van der Waals surface area contributed by atoms with Crippen LogP contribution in [-0.4, -0.2) is 28.4 Å². The summed E-state index contributed by atoms with van der Waals surface area (Å²) in [7, 11) is 0. The molecule has 3 rings (SSSR count). The summed E-state index contributed by atoms with van der Waals surface area (Å²) in [5.41, 5.74) is 2.63. The Hall–Kier alpha value is -2.21. The van der Waals surface area contributed by atoms with E-state index in [0.717, 1.165) is 16.3 Å². The Morgan fingerprint density at radius 1 is 1.45 bits per heavy atom. The van der Waals surface area contributed by atoms with Crippen molar-refractivity contribution in [2.45, 2.75) is 13.3 Å². The number of hydrogen-bond donors (Lipinski definition) is 1. The highest BCUT2D eigenvalue weighted by molar-refractivity contribution is 7.09. The number of thiazole rings is 1. The van der Waals surface area contributed by atoms with E-state index >= 15 is 0 Å². The molecule has 0 spiro atoms. The Kier molecular flexibility index (Phi) is 3.23. The molecule has 0 bridgehead atoms. The molecular formula is C14H13N3O2S. The number of aromatic nitrogens is 1. The number of carbonyl (C=O) groups is 1. The molecule has 2 aromatic rings. The minimum Gasteiger partial charge on any atom is -0.411 e. The maximum Gasteiger partial charge on any atom is 0.277 e. The lowest BCUT2D eigenvalue weighted by Crippen LogP contribution is -2.37. The molecule has 0 saturated heterocycles. The van der Waals surface area contributed by atoms with Gasteiger partial charge in [-0.1, -0.05) is 23.4 Å². The van der Waals surface area contributed by atoms with Crippen molar-refractivity contribution in [1.82, 2.24) is 4.98 Å². The van der Waals surface area contributed by atoms with Crippen LogP contribution in [-0.2, 0) is 0 Å². The molecule has 0 radical (unpaired) electrons. The fourth-order valence-electron chi connectivity index (χ4n) is 2.34. The Bertz CT molecular complexity index is 693. The number of amides is 1. The first kappa shape index (κ1) is 12.8. The summed E-state index contributed by atoms with van der Waals surface area (Å²) in [6.07, 6.45) is 0.530. The number of rotatable bonds is 1. The predicted octanol–water partition coefficient (Wildman–Crippen LogP) is 2.68. The van der Waals surface area contributed by atoms with Crippen LogP contribution in [0.5, 0.6) is 0 Å². The van der Waals surface area contributed by atoms with Crippen LogP contribution >= 0.6 is 11.3 Å². The Morgan fingerprint density at radius 3 is 2.95 bits per heavy atom. The van der Waals surface area contributed by atoms with E-state index in [0.29, 0.717) is 24.4 Å². The van der Waals surface area contributed by atoms with Crippen LogP contribution in [0.15, 0.2) is 34.8 Å². The topological polar surface area (TPSA) is 65.8 Å². The highest BCUT2D eigenvalue weighted by Crippen LogP contribution is 2.28. The van der Waals surface area contributed by atoms with Crippen molar-refractivity contribution in [3.8, 4) is 0 Å². The molecule has 1 aliphatic heterocycles. The Balaban J connectivity index is 2.02. The van der Waals surface area contributed by atoms with Gasteiger partial charge in [0.15, 0.2) is 0 Å². The van der Waals surface area contributed by atoms with Crippen LogP contribution in [0.25, 0.3) is 0 Å². The smallest absolute Gasteiger partial charge is 0.277 e. The highest BCUT2D eigenvalue weighted by Gasteiger charge is 2.27. The van der Waals surface area contributed by atoms with Crippen LogP contribution in [0.2, 0.25) is 0 Å². The van der Waals surface area contributed by atoms with Crippen molar-refractivity contribution in [1.29, 1.82) is 0 Å². The second kappa shape index (κ2) is 5.05. The minimum atomic E-state index is -0.112. The number of benzene rings is 1. The number of oxime groups is 1. The molecule has 102 valence electrons. The van der Waals surface area contributed by atoms with Crippen molar-refractivity contribution < 1.29 is 10.0 Å². The number of nitrogens with zero attached hydrogens (tertiary/aromatic N) is 3. The molecular weight excluding hydrogens is 274 g/mol. The molecule has 6 heteroatoms. The third-order valence-electron chi connectivity index (χ3n) is 3.28. The Morgan fingerprint density at radius 2 is 2.25 bits per heavy atom. The first-order valence-corrected chi connectivity index (χ1v) is 7.13. The van der Waals surface area contributed by atoms with Gasteiger partial charge in [0.2, 0.25) is 0 Å². The van der Waals surface area contributed by atoms with E-state index in [1.54, 1.807) is 10.3 Å². The van der Waals surface area contributed by atoms with Gasteiger partial charge in [-0.3, -0.25) is 4.79 Å². The lowest BCUT2D eigenvalue weighted by atomic mass is 9.99. The molecule has 0 fully saturated rings. The lowest BCUT2D eigenvalue weighted by molar-refractivity contribution is 0.0982. The van der Waals surface area contributed by atoms with Crippen molar-refractivity contribution in [3.05, 3.63) is 45.9 Å². The summed E-state index contributed by atoms with van der Waals surface area (Å²) in [6, 6.07) is 7.45. The van der Waals surface area contributed by atoms with Crippen LogP contribution in [0.4, 0.5) is 5.69 Å². The van der Waals surface area contributed by atoms with E-state index in [4.69, 9.17) is 5.21 Å². The Labute approximate surface area is 120 Å². The van der Waals surface area contributed by atoms with Gasteiger partial charge in [-0.25, -0.2) is 4.98 Å². The van der Waals surface area contributed by atoms with Gasteiger partial charge in [0.1, 0.15) is 5.69 Å². The summed E-state index contributed by atoms with van der Waals surface area (Å²) in [6.45, 7) is 2.37. The van der Waals surface area contributed by atoms with Crippen molar-refractivity contribution in [3.63, 3.8) is 0 Å². The maximum absolute atomic E-state index is 12.5. The number of hydrogen-bond acceptors (Lipinski definition) is 5. The average molecular weight is 287 g/mol. The second-order valence-electron chi connectivity index (χ2n) is 4.52. The van der Waals surface area contributed by atoms with Gasteiger partial charge in [0.05, 0.1) is 16.4 Å². The SMILES string of the molecule is Cc1nc(C(=O)N2CCC(=NO)c3ccccc32)cs1. The van der Waals surface area contributed by atoms with Crippen molar-refractivity contribution in [2.75, 3.05) is 11.4 Å². The zero-order chi connectivity index (χ0) is 14.1. The second-order valence-corrected chi connectivity index (χ2v) is 5.58. The molecule has 0 unspecified atom stereocenters. The molecule has 1 aliphatic rings. The third kappa shape index (κ3) is 2.08. The fraction of sp³-hybridized carbons (Fsp3) is 0.214. The molecule has 5 nitrogen and oxygen atoms in total. The first-order valence-electron chi connectivity index (χ1n) is 6.25. The number of carbonyl (C=O) groups excluding carboxylic acids is 1. The van der Waals surface area contributed by atoms with E-state index in [1.807, 2.05) is 31.2 Å². The van der Waals surface area contributed by atoms with Gasteiger partial charge in [0, 0.05) is 23.9 Å². The molecule has 1 N–H and O–H groups in total. The van der Waals surface area contributed by atoms with E-state index in [1.165, 1.54) is 11.3 Å². The van der Waals surface area contributed by atoms with E-state index in [-0.39, 0.29) is 5.91 Å². The molecule has 0 aliphatic carbocycles. The van der Waals surface area contributed by atoms with Gasteiger partial charge in [0.25, 0.3) is 5.91 Å². The number of aryl methyl sites for hydroxylation is 1. The predicted molar refractivity (Wildman–Crippen MR) is 77.9 cm³/mol. The molecule has 0 saturated carbocycles. The molecule has 1 aromatic carbocycles. The lowest BCUT2D eigenvalue weighted by Gasteiger charge is -2.29. The van der Waals surface area contributed by atoms with Crippen LogP contribution in [0.3, 0.4) is 0 Å². The average Bonchev–Trinajstić information content (AvgIpc) is 2.92. The molecule has 20 heavy (non-hydrogen) atoms. The maximum atomic E-state index is 12.5. The number of para-hydroxylation sites is 1. The van der Waals surface area contributed by atoms with Crippen LogP contribution in [0, 0.1) is 6.92 Å². The van der Waals surface area contributed by atoms with Crippen LogP contribution < -0.4 is 4.90 Å². The fourth-order valence-corrected chi connectivity index (χ4v) is 2.93. The zero-order valence-electron chi connectivity index (χ0n) is 10.9. The zero-order valence-corrected chi connectivity index (χ0v) is 11.7. The van der Waals surface area contributed by atoms with Gasteiger partial charge < -0.3 is 10.1 Å². The highest BCUT2D eigenvalue weighted by atomic mass is 32.1. The molecule has 0 atom stereocenters. The number of anilines is 1. The first-order chi connectivity index (χ1) is 9.70. The summed E-state index contributed by atoms with van der Waals surface area (Å²) < 4.78 is 0. The summed E-state index contributed by atoms with van der Waals surface area (Å²) >= 11 is 1.46. The summed E-state index contributed by atoms with van der Waals surface area (Å²) in [5.74, 6) is -0.112. The summed E-state index contributed by atoms with van der Waals surface area (Å²) in [4.78, 5) is 18.5.